The predicted octanol–water partition coefficient (Wildman–Crippen LogP) is 3.32. The van der Waals surface area contributed by atoms with Gasteiger partial charge in [-0.3, -0.25) is 14.5 Å². The molecule has 1 saturated heterocycles. The average molecular weight is 408 g/mol. The van der Waals surface area contributed by atoms with Gasteiger partial charge in [-0.25, -0.2) is 8.78 Å². The second-order valence-corrected chi connectivity index (χ2v) is 7.12. The summed E-state index contributed by atoms with van der Waals surface area (Å²) in [7, 11) is 0. The van der Waals surface area contributed by atoms with Crippen molar-refractivity contribution in [3.05, 3.63) is 64.2 Å². The normalized spacial score (nSPS) is 14.8. The van der Waals surface area contributed by atoms with Crippen LogP contribution in [0.3, 0.4) is 0 Å². The van der Waals surface area contributed by atoms with E-state index in [2.05, 4.69) is 5.32 Å². The maximum atomic E-state index is 13.7. The molecule has 0 atom stereocenters. The number of amides is 2. The van der Waals surface area contributed by atoms with Gasteiger partial charge in [-0.2, -0.15) is 0 Å². The maximum absolute atomic E-state index is 13.7. The second-order valence-electron chi connectivity index (χ2n) is 6.71. The lowest BCUT2D eigenvalue weighted by Gasteiger charge is -2.34. The summed E-state index contributed by atoms with van der Waals surface area (Å²) in [6.07, 6.45) is 0. The van der Waals surface area contributed by atoms with Crippen LogP contribution in [0.4, 0.5) is 14.5 Å². The fraction of sp³-hybridized carbons (Fsp3) is 0.300. The van der Waals surface area contributed by atoms with Crippen LogP contribution >= 0.6 is 11.6 Å². The number of benzene rings is 2. The monoisotopic (exact) mass is 407 g/mol. The minimum atomic E-state index is -0.547. The molecule has 2 amide bonds. The number of rotatable bonds is 4. The van der Waals surface area contributed by atoms with Crippen LogP contribution in [0.25, 0.3) is 0 Å². The smallest absolute Gasteiger partial charge is 0.254 e. The Hall–Kier alpha value is -2.51. The minimum absolute atomic E-state index is 0.0579. The topological polar surface area (TPSA) is 52.7 Å². The van der Waals surface area contributed by atoms with Crippen LogP contribution in [0.5, 0.6) is 0 Å². The van der Waals surface area contributed by atoms with E-state index in [1.54, 1.807) is 24.0 Å². The van der Waals surface area contributed by atoms with E-state index in [1.165, 1.54) is 24.3 Å². The quantitative estimate of drug-likeness (QED) is 0.845. The molecule has 0 aromatic heterocycles. The van der Waals surface area contributed by atoms with Gasteiger partial charge in [0.1, 0.15) is 11.6 Å². The molecule has 2 aromatic carbocycles. The van der Waals surface area contributed by atoms with Gasteiger partial charge in [0.25, 0.3) is 5.91 Å². The molecule has 148 valence electrons. The lowest BCUT2D eigenvalue weighted by Crippen LogP contribution is -2.50. The third kappa shape index (κ3) is 4.85. The van der Waals surface area contributed by atoms with E-state index in [9.17, 15) is 18.4 Å². The summed E-state index contributed by atoms with van der Waals surface area (Å²) in [6, 6.07) is 8.45. The lowest BCUT2D eigenvalue weighted by molar-refractivity contribution is -0.117. The number of hydrogen-bond donors (Lipinski definition) is 1. The van der Waals surface area contributed by atoms with Gasteiger partial charge in [0.05, 0.1) is 11.6 Å². The third-order valence-electron chi connectivity index (χ3n) is 4.65. The van der Waals surface area contributed by atoms with Crippen molar-refractivity contribution in [1.29, 1.82) is 0 Å². The summed E-state index contributed by atoms with van der Waals surface area (Å²) in [4.78, 5) is 28.3. The Morgan fingerprint density at radius 1 is 1.04 bits per heavy atom. The molecule has 1 N–H and O–H groups in total. The summed E-state index contributed by atoms with van der Waals surface area (Å²) in [5.74, 6) is -1.41. The summed E-state index contributed by atoms with van der Waals surface area (Å²) < 4.78 is 26.9. The van der Waals surface area contributed by atoms with Crippen molar-refractivity contribution in [2.75, 3.05) is 38.0 Å². The van der Waals surface area contributed by atoms with E-state index in [1.807, 2.05) is 4.90 Å². The highest BCUT2D eigenvalue weighted by molar-refractivity contribution is 6.31. The molecule has 3 rings (SSSR count). The van der Waals surface area contributed by atoms with Crippen molar-refractivity contribution in [2.45, 2.75) is 6.92 Å². The second kappa shape index (κ2) is 8.67. The zero-order valence-electron chi connectivity index (χ0n) is 15.3. The molecule has 0 radical (unpaired) electrons. The van der Waals surface area contributed by atoms with Crippen molar-refractivity contribution in [3.8, 4) is 0 Å². The molecule has 1 aliphatic heterocycles. The Bertz CT molecular complexity index is 899. The molecule has 0 saturated carbocycles. The van der Waals surface area contributed by atoms with E-state index in [0.29, 0.717) is 43.0 Å². The molecular formula is C20H20ClF2N3O2. The molecule has 2 aromatic rings. The minimum Gasteiger partial charge on any atom is -0.336 e. The number of hydrogen-bond acceptors (Lipinski definition) is 3. The molecule has 0 bridgehead atoms. The first-order valence-corrected chi connectivity index (χ1v) is 9.24. The fourth-order valence-electron chi connectivity index (χ4n) is 3.00. The zero-order valence-corrected chi connectivity index (χ0v) is 16.1. The van der Waals surface area contributed by atoms with Crippen LogP contribution in [0.15, 0.2) is 36.4 Å². The van der Waals surface area contributed by atoms with Gasteiger partial charge in [0.15, 0.2) is 0 Å². The van der Waals surface area contributed by atoms with Crippen LogP contribution < -0.4 is 5.32 Å². The number of halogens is 3. The molecule has 1 heterocycles. The summed E-state index contributed by atoms with van der Waals surface area (Å²) in [6.45, 7) is 3.74. The Morgan fingerprint density at radius 3 is 2.39 bits per heavy atom. The Morgan fingerprint density at radius 2 is 1.75 bits per heavy atom. The van der Waals surface area contributed by atoms with Gasteiger partial charge in [0.2, 0.25) is 5.91 Å². The van der Waals surface area contributed by atoms with Gasteiger partial charge < -0.3 is 10.2 Å². The molecule has 0 aliphatic carbocycles. The van der Waals surface area contributed by atoms with Crippen molar-refractivity contribution in [3.63, 3.8) is 0 Å². The van der Waals surface area contributed by atoms with E-state index < -0.39 is 11.6 Å². The number of nitrogens with one attached hydrogen (secondary N) is 1. The Labute approximate surface area is 166 Å². The first-order chi connectivity index (χ1) is 13.3. The van der Waals surface area contributed by atoms with E-state index in [4.69, 9.17) is 11.6 Å². The van der Waals surface area contributed by atoms with Gasteiger partial charge in [0, 0.05) is 37.4 Å². The van der Waals surface area contributed by atoms with Crippen LogP contribution in [0, 0.1) is 18.6 Å². The van der Waals surface area contributed by atoms with E-state index in [0.717, 1.165) is 0 Å². The number of anilines is 1. The highest BCUT2D eigenvalue weighted by Gasteiger charge is 2.23. The van der Waals surface area contributed by atoms with Gasteiger partial charge in [-0.1, -0.05) is 17.7 Å². The summed E-state index contributed by atoms with van der Waals surface area (Å²) in [5, 5.41) is 2.62. The summed E-state index contributed by atoms with van der Waals surface area (Å²) in [5.41, 5.74) is 1.24. The molecule has 5 nitrogen and oxygen atoms in total. The highest BCUT2D eigenvalue weighted by Crippen LogP contribution is 2.19. The predicted molar refractivity (Wildman–Crippen MR) is 104 cm³/mol. The van der Waals surface area contributed by atoms with Gasteiger partial charge in [-0.15, -0.1) is 0 Å². The molecule has 0 spiro atoms. The van der Waals surface area contributed by atoms with Crippen molar-refractivity contribution < 1.29 is 18.4 Å². The van der Waals surface area contributed by atoms with E-state index in [-0.39, 0.29) is 23.4 Å². The maximum Gasteiger partial charge on any atom is 0.254 e. The first kappa shape index (κ1) is 20.2. The van der Waals surface area contributed by atoms with Crippen LogP contribution in [0.1, 0.15) is 15.9 Å². The first-order valence-electron chi connectivity index (χ1n) is 8.86. The zero-order chi connectivity index (χ0) is 20.3. The number of carbonyl (C=O) groups excluding carboxylic acids is 2. The molecule has 1 aliphatic rings. The number of carbonyl (C=O) groups is 2. The number of nitrogens with zero attached hydrogens (tertiary/aromatic N) is 2. The van der Waals surface area contributed by atoms with E-state index >= 15 is 0 Å². The molecule has 0 unspecified atom stereocenters. The number of piperazine rings is 1. The Kier molecular flexibility index (Phi) is 6.26. The van der Waals surface area contributed by atoms with Crippen molar-refractivity contribution >= 4 is 29.1 Å². The fourth-order valence-corrected chi connectivity index (χ4v) is 3.18. The SMILES string of the molecule is Cc1ccc(C(=O)N2CCN(CC(=O)Nc3ccc(F)c(Cl)c3)CC2)cc1F. The lowest BCUT2D eigenvalue weighted by atomic mass is 10.1. The highest BCUT2D eigenvalue weighted by atomic mass is 35.5. The van der Waals surface area contributed by atoms with Crippen molar-refractivity contribution in [1.82, 2.24) is 9.80 Å². The molecule has 1 fully saturated rings. The third-order valence-corrected chi connectivity index (χ3v) is 4.94. The van der Waals surface area contributed by atoms with Crippen molar-refractivity contribution in [2.24, 2.45) is 0 Å². The summed E-state index contributed by atoms with van der Waals surface area (Å²) >= 11 is 5.71. The van der Waals surface area contributed by atoms with Crippen LogP contribution in [-0.4, -0.2) is 54.3 Å². The Balaban J connectivity index is 1.50. The molecule has 28 heavy (non-hydrogen) atoms. The number of aryl methyl sites for hydroxylation is 1. The van der Waals surface area contributed by atoms with Gasteiger partial charge in [-0.05, 0) is 42.8 Å². The van der Waals surface area contributed by atoms with Crippen LogP contribution in [-0.2, 0) is 4.79 Å². The van der Waals surface area contributed by atoms with Gasteiger partial charge >= 0.3 is 0 Å². The standard InChI is InChI=1S/C20H20ClF2N3O2/c1-13-2-3-14(10-18(13)23)20(28)26-8-6-25(7-9-26)12-19(27)24-15-4-5-17(22)16(21)11-15/h2-5,10-11H,6-9,12H2,1H3,(H,24,27). The average Bonchev–Trinajstić information content (AvgIpc) is 2.67. The van der Waals surface area contributed by atoms with Crippen LogP contribution in [0.2, 0.25) is 5.02 Å². The molecule has 8 heteroatoms. The largest absolute Gasteiger partial charge is 0.336 e. The molecular weight excluding hydrogens is 388 g/mol.